The van der Waals surface area contributed by atoms with Gasteiger partial charge in [0.15, 0.2) is 0 Å². The monoisotopic (exact) mass is 315 g/mol. The molecule has 1 amide bonds. The molecule has 3 rings (SSSR count). The number of benzene rings is 1. The van der Waals surface area contributed by atoms with Gasteiger partial charge in [0.25, 0.3) is 0 Å². The average Bonchev–Trinajstić information content (AvgIpc) is 3.26. The summed E-state index contributed by atoms with van der Waals surface area (Å²) in [5.41, 5.74) is 1.16. The highest BCUT2D eigenvalue weighted by molar-refractivity contribution is 7.09. The number of thiophene rings is 1. The van der Waals surface area contributed by atoms with Crippen LogP contribution in [0.25, 0.3) is 0 Å². The van der Waals surface area contributed by atoms with Gasteiger partial charge in [0, 0.05) is 23.9 Å². The third kappa shape index (κ3) is 3.89. The minimum absolute atomic E-state index is 0.270. The molecule has 0 bridgehead atoms. The maximum Gasteiger partial charge on any atom is 0.223 e. The number of carbonyl (C=O) groups excluding carboxylic acids is 1. The zero-order chi connectivity index (χ0) is 15.4. The number of rotatable bonds is 7. The molecule has 0 unspecified atom stereocenters. The SMILES string of the molecule is COc1ccc(CN(C(=O)CCc2cccs2)C2CC2)cc1. The molecular weight excluding hydrogens is 294 g/mol. The van der Waals surface area contributed by atoms with Crippen LogP contribution in [0.2, 0.25) is 0 Å². The third-order valence-electron chi connectivity index (χ3n) is 3.99. The van der Waals surface area contributed by atoms with E-state index in [0.29, 0.717) is 19.0 Å². The number of carbonyl (C=O) groups is 1. The van der Waals surface area contributed by atoms with Crippen molar-refractivity contribution in [3.8, 4) is 5.75 Å². The number of aryl methyl sites for hydroxylation is 1. The van der Waals surface area contributed by atoms with Gasteiger partial charge in [-0.25, -0.2) is 0 Å². The lowest BCUT2D eigenvalue weighted by Crippen LogP contribution is -2.32. The van der Waals surface area contributed by atoms with Crippen LogP contribution in [0.1, 0.15) is 29.7 Å². The molecule has 0 spiro atoms. The van der Waals surface area contributed by atoms with E-state index < -0.39 is 0 Å². The summed E-state index contributed by atoms with van der Waals surface area (Å²) in [5, 5.41) is 2.07. The van der Waals surface area contributed by atoms with Gasteiger partial charge in [0.05, 0.1) is 7.11 Å². The van der Waals surface area contributed by atoms with E-state index in [1.807, 2.05) is 30.3 Å². The second kappa shape index (κ2) is 6.97. The van der Waals surface area contributed by atoms with E-state index in [2.05, 4.69) is 16.3 Å². The van der Waals surface area contributed by atoms with E-state index in [9.17, 15) is 4.79 Å². The van der Waals surface area contributed by atoms with Crippen molar-refractivity contribution < 1.29 is 9.53 Å². The lowest BCUT2D eigenvalue weighted by molar-refractivity contribution is -0.132. The average molecular weight is 315 g/mol. The van der Waals surface area contributed by atoms with Crippen LogP contribution in [0.15, 0.2) is 41.8 Å². The quantitative estimate of drug-likeness (QED) is 0.776. The van der Waals surface area contributed by atoms with Gasteiger partial charge in [-0.1, -0.05) is 18.2 Å². The second-order valence-corrected chi connectivity index (χ2v) is 6.71. The molecule has 2 aromatic rings. The Kier molecular flexibility index (Phi) is 4.78. The maximum atomic E-state index is 12.6. The van der Waals surface area contributed by atoms with Crippen molar-refractivity contribution in [2.45, 2.75) is 38.3 Å². The minimum Gasteiger partial charge on any atom is -0.497 e. The van der Waals surface area contributed by atoms with Gasteiger partial charge in [0.1, 0.15) is 5.75 Å². The van der Waals surface area contributed by atoms with Crippen LogP contribution in [0.4, 0.5) is 0 Å². The highest BCUT2D eigenvalue weighted by Gasteiger charge is 2.32. The molecule has 4 heteroatoms. The van der Waals surface area contributed by atoms with Crippen LogP contribution >= 0.6 is 11.3 Å². The summed E-state index contributed by atoms with van der Waals surface area (Å²) in [6.07, 6.45) is 3.73. The molecule has 0 aliphatic heterocycles. The third-order valence-corrected chi connectivity index (χ3v) is 4.92. The number of methoxy groups -OCH3 is 1. The molecule has 0 N–H and O–H groups in total. The summed E-state index contributed by atoms with van der Waals surface area (Å²) in [5.74, 6) is 1.12. The minimum atomic E-state index is 0.270. The highest BCUT2D eigenvalue weighted by Crippen LogP contribution is 2.29. The van der Waals surface area contributed by atoms with Crippen LogP contribution in [0, 0.1) is 0 Å². The molecule has 1 aliphatic carbocycles. The number of ether oxygens (including phenoxy) is 1. The van der Waals surface area contributed by atoms with E-state index >= 15 is 0 Å². The van der Waals surface area contributed by atoms with Gasteiger partial charge in [-0.05, 0) is 48.4 Å². The molecule has 1 aliphatic rings. The molecule has 0 saturated heterocycles. The van der Waals surface area contributed by atoms with Gasteiger partial charge in [-0.3, -0.25) is 4.79 Å². The fraction of sp³-hybridized carbons (Fsp3) is 0.389. The van der Waals surface area contributed by atoms with Gasteiger partial charge < -0.3 is 9.64 Å². The van der Waals surface area contributed by atoms with Crippen molar-refractivity contribution >= 4 is 17.2 Å². The van der Waals surface area contributed by atoms with E-state index in [1.165, 1.54) is 4.88 Å². The van der Waals surface area contributed by atoms with Crippen molar-refractivity contribution in [2.75, 3.05) is 7.11 Å². The molecule has 116 valence electrons. The fourth-order valence-corrected chi connectivity index (χ4v) is 3.27. The number of nitrogens with zero attached hydrogens (tertiary/aromatic N) is 1. The summed E-state index contributed by atoms with van der Waals surface area (Å²) in [6, 6.07) is 12.6. The van der Waals surface area contributed by atoms with E-state index in [4.69, 9.17) is 4.74 Å². The Labute approximate surface area is 135 Å². The first-order valence-electron chi connectivity index (χ1n) is 7.71. The van der Waals surface area contributed by atoms with Crippen molar-refractivity contribution in [1.29, 1.82) is 0 Å². The highest BCUT2D eigenvalue weighted by atomic mass is 32.1. The molecule has 1 saturated carbocycles. The first kappa shape index (κ1) is 15.1. The molecule has 1 aromatic heterocycles. The standard InChI is InChI=1S/C18H21NO2S/c1-21-16-8-4-14(5-9-16)13-19(15-6-7-15)18(20)11-10-17-3-2-12-22-17/h2-5,8-9,12,15H,6-7,10-11,13H2,1H3. The Morgan fingerprint density at radius 2 is 2.05 bits per heavy atom. The summed E-state index contributed by atoms with van der Waals surface area (Å²) in [7, 11) is 1.67. The molecule has 0 radical (unpaired) electrons. The first-order chi connectivity index (χ1) is 10.8. The summed E-state index contributed by atoms with van der Waals surface area (Å²) < 4.78 is 5.18. The van der Waals surface area contributed by atoms with Crippen molar-refractivity contribution in [3.63, 3.8) is 0 Å². The molecule has 3 nitrogen and oxygen atoms in total. The van der Waals surface area contributed by atoms with Gasteiger partial charge >= 0.3 is 0 Å². The lowest BCUT2D eigenvalue weighted by atomic mass is 10.1. The molecule has 1 heterocycles. The maximum absolute atomic E-state index is 12.6. The van der Waals surface area contributed by atoms with Crippen LogP contribution in [-0.2, 0) is 17.8 Å². The molecule has 1 fully saturated rings. The zero-order valence-corrected chi connectivity index (χ0v) is 13.6. The topological polar surface area (TPSA) is 29.5 Å². The summed E-state index contributed by atoms with van der Waals surface area (Å²) in [4.78, 5) is 15.9. The van der Waals surface area contributed by atoms with Crippen molar-refractivity contribution in [1.82, 2.24) is 4.90 Å². The van der Waals surface area contributed by atoms with Gasteiger partial charge in [0.2, 0.25) is 5.91 Å². The predicted octanol–water partition coefficient (Wildman–Crippen LogP) is 3.88. The van der Waals surface area contributed by atoms with E-state index in [-0.39, 0.29) is 5.91 Å². The zero-order valence-electron chi connectivity index (χ0n) is 12.8. The number of hydrogen-bond donors (Lipinski definition) is 0. The Balaban J connectivity index is 1.60. The van der Waals surface area contributed by atoms with Crippen molar-refractivity contribution in [2.24, 2.45) is 0 Å². The molecule has 22 heavy (non-hydrogen) atoms. The van der Waals surface area contributed by atoms with Crippen molar-refractivity contribution in [3.05, 3.63) is 52.2 Å². The second-order valence-electron chi connectivity index (χ2n) is 5.68. The Hall–Kier alpha value is -1.81. The number of amides is 1. The first-order valence-corrected chi connectivity index (χ1v) is 8.59. The summed E-state index contributed by atoms with van der Waals surface area (Å²) in [6.45, 7) is 0.706. The van der Waals surface area contributed by atoms with Gasteiger partial charge in [-0.2, -0.15) is 0 Å². The van der Waals surface area contributed by atoms with Crippen LogP contribution in [0.3, 0.4) is 0 Å². The van der Waals surface area contributed by atoms with Gasteiger partial charge in [-0.15, -0.1) is 11.3 Å². The van der Waals surface area contributed by atoms with Crippen LogP contribution in [-0.4, -0.2) is 24.0 Å². The van der Waals surface area contributed by atoms with E-state index in [1.54, 1.807) is 18.4 Å². The molecule has 1 aromatic carbocycles. The molecule has 0 atom stereocenters. The fourth-order valence-electron chi connectivity index (χ4n) is 2.56. The Bertz CT molecular complexity index is 603. The number of hydrogen-bond acceptors (Lipinski definition) is 3. The largest absolute Gasteiger partial charge is 0.497 e. The normalized spacial score (nSPS) is 13.9. The van der Waals surface area contributed by atoms with E-state index in [0.717, 1.165) is 30.6 Å². The Morgan fingerprint density at radius 3 is 2.64 bits per heavy atom. The molecular formula is C18H21NO2S. The summed E-state index contributed by atoms with van der Waals surface area (Å²) >= 11 is 1.72. The Morgan fingerprint density at radius 1 is 1.27 bits per heavy atom. The smallest absolute Gasteiger partial charge is 0.223 e. The lowest BCUT2D eigenvalue weighted by Gasteiger charge is -2.22. The van der Waals surface area contributed by atoms with Crippen LogP contribution in [0.5, 0.6) is 5.75 Å². The van der Waals surface area contributed by atoms with Crippen LogP contribution < -0.4 is 4.74 Å². The predicted molar refractivity (Wildman–Crippen MR) is 89.2 cm³/mol.